The fraction of sp³-hybridized carbons (Fsp3) is 0.357. The Hall–Kier alpha value is -3.52. The maximum atomic E-state index is 5.60. The van der Waals surface area contributed by atoms with Gasteiger partial charge in [0.2, 0.25) is 10.6 Å². The average molecular weight is 506 g/mol. The van der Waals surface area contributed by atoms with Crippen LogP contribution >= 0.6 is 11.3 Å². The smallest absolute Gasteiger partial charge is 0.211 e. The van der Waals surface area contributed by atoms with Crippen LogP contribution in [0.2, 0.25) is 0 Å². The molecule has 2 aliphatic carbocycles. The molecule has 36 heavy (non-hydrogen) atoms. The summed E-state index contributed by atoms with van der Waals surface area (Å²) in [5.41, 5.74) is 2.64. The Bertz CT molecular complexity index is 1310. The molecule has 0 saturated heterocycles. The normalized spacial score (nSPS) is 20.9. The molecular formula is C28H31N3O4S. The molecule has 1 aromatic heterocycles. The molecule has 0 amide bonds. The van der Waals surface area contributed by atoms with Gasteiger partial charge in [0.05, 0.1) is 39.3 Å². The second-order valence-electron chi connectivity index (χ2n) is 8.88. The Balaban J connectivity index is 1.59. The summed E-state index contributed by atoms with van der Waals surface area (Å²) in [6.07, 6.45) is 9.17. The quantitative estimate of drug-likeness (QED) is 0.267. The van der Waals surface area contributed by atoms with Gasteiger partial charge in [-0.3, -0.25) is 0 Å². The van der Waals surface area contributed by atoms with Gasteiger partial charge >= 0.3 is 0 Å². The number of nitrogens with zero attached hydrogens (tertiary/aromatic N) is 3. The topological polar surface area (TPSA) is 66.6 Å². The summed E-state index contributed by atoms with van der Waals surface area (Å²) >= 11 is 1.54. The monoisotopic (exact) mass is 505 g/mol. The third kappa shape index (κ3) is 4.78. The standard InChI is InChI=1S/C28H31N3O4S/c1-5-35-23-10-8-22(9-11-23)30-28-31(29-16-21-13-18-6-7-19(21)12-18)24(17-36-28)20-14-25(32-2)27(34-4)26(15-20)33-3/h6-11,14-19,21H,5,12-13H2,1-4H3. The molecule has 7 nitrogen and oxygen atoms in total. The largest absolute Gasteiger partial charge is 0.494 e. The molecule has 5 rings (SSSR count). The zero-order valence-electron chi connectivity index (χ0n) is 21.0. The number of rotatable bonds is 9. The van der Waals surface area contributed by atoms with Crippen molar-refractivity contribution in [2.75, 3.05) is 27.9 Å². The Morgan fingerprint density at radius 1 is 1.00 bits per heavy atom. The molecule has 3 aromatic rings. The predicted molar refractivity (Wildman–Crippen MR) is 143 cm³/mol. The first kappa shape index (κ1) is 24.2. The second kappa shape index (κ2) is 10.6. The van der Waals surface area contributed by atoms with Crippen LogP contribution in [0.15, 0.2) is 64.0 Å². The number of hydrogen-bond donors (Lipinski definition) is 0. The van der Waals surface area contributed by atoms with Crippen LogP contribution in [0.3, 0.4) is 0 Å². The van der Waals surface area contributed by atoms with Crippen molar-refractivity contribution in [2.24, 2.45) is 27.8 Å². The number of aromatic nitrogens is 1. The molecule has 3 unspecified atom stereocenters. The van der Waals surface area contributed by atoms with Crippen LogP contribution in [-0.4, -0.2) is 38.8 Å². The molecule has 188 valence electrons. The highest BCUT2D eigenvalue weighted by molar-refractivity contribution is 7.07. The molecule has 3 atom stereocenters. The van der Waals surface area contributed by atoms with E-state index in [0.717, 1.165) is 33.9 Å². The summed E-state index contributed by atoms with van der Waals surface area (Å²) in [7, 11) is 4.85. The first-order valence-electron chi connectivity index (χ1n) is 12.1. The minimum absolute atomic E-state index is 0.443. The highest BCUT2D eigenvalue weighted by Gasteiger charge is 2.34. The summed E-state index contributed by atoms with van der Waals surface area (Å²) in [6.45, 7) is 2.61. The van der Waals surface area contributed by atoms with Crippen molar-refractivity contribution < 1.29 is 18.9 Å². The molecule has 1 saturated carbocycles. The number of allylic oxidation sites excluding steroid dienone is 2. The molecule has 1 fully saturated rings. The van der Waals surface area contributed by atoms with Crippen LogP contribution in [-0.2, 0) is 0 Å². The van der Waals surface area contributed by atoms with Gasteiger partial charge in [-0.1, -0.05) is 12.2 Å². The van der Waals surface area contributed by atoms with E-state index in [9.17, 15) is 0 Å². The van der Waals surface area contributed by atoms with Crippen LogP contribution in [0.5, 0.6) is 23.0 Å². The lowest BCUT2D eigenvalue weighted by Crippen LogP contribution is -2.15. The van der Waals surface area contributed by atoms with Gasteiger partial charge in [-0.25, -0.2) is 9.67 Å². The summed E-state index contributed by atoms with van der Waals surface area (Å²) in [4.78, 5) is 5.69. The van der Waals surface area contributed by atoms with E-state index in [1.54, 1.807) is 21.3 Å². The van der Waals surface area contributed by atoms with E-state index in [2.05, 4.69) is 23.7 Å². The van der Waals surface area contributed by atoms with E-state index in [1.807, 2.05) is 48.0 Å². The van der Waals surface area contributed by atoms with Crippen molar-refractivity contribution >= 4 is 23.2 Å². The molecule has 1 heterocycles. The van der Waals surface area contributed by atoms with Crippen LogP contribution < -0.4 is 23.7 Å². The van der Waals surface area contributed by atoms with Crippen molar-refractivity contribution in [3.8, 4) is 34.3 Å². The van der Waals surface area contributed by atoms with E-state index in [4.69, 9.17) is 29.0 Å². The maximum absolute atomic E-state index is 5.60. The van der Waals surface area contributed by atoms with Gasteiger partial charge < -0.3 is 18.9 Å². The van der Waals surface area contributed by atoms with E-state index in [-0.39, 0.29) is 0 Å². The molecule has 8 heteroatoms. The molecule has 0 aliphatic heterocycles. The van der Waals surface area contributed by atoms with Crippen molar-refractivity contribution in [3.63, 3.8) is 0 Å². The summed E-state index contributed by atoms with van der Waals surface area (Å²) in [6, 6.07) is 11.7. The van der Waals surface area contributed by atoms with Gasteiger partial charge in [-0.05, 0) is 68.0 Å². The predicted octanol–water partition coefficient (Wildman–Crippen LogP) is 5.92. The maximum Gasteiger partial charge on any atom is 0.211 e. The van der Waals surface area contributed by atoms with Gasteiger partial charge in [0.1, 0.15) is 5.75 Å². The lowest BCUT2D eigenvalue weighted by atomic mass is 9.95. The van der Waals surface area contributed by atoms with E-state index in [1.165, 1.54) is 17.8 Å². The highest BCUT2D eigenvalue weighted by Crippen LogP contribution is 2.43. The van der Waals surface area contributed by atoms with E-state index in [0.29, 0.717) is 41.6 Å². The van der Waals surface area contributed by atoms with Gasteiger partial charge in [0, 0.05) is 23.1 Å². The minimum atomic E-state index is 0.443. The van der Waals surface area contributed by atoms with Gasteiger partial charge in [0.15, 0.2) is 11.5 Å². The fourth-order valence-corrected chi connectivity index (χ4v) is 5.81. The molecule has 2 aliphatic rings. The first-order chi connectivity index (χ1) is 17.6. The SMILES string of the molecule is CCOc1ccc(N=c2scc(-c3cc(OC)c(OC)c(OC)c3)n2N=CC2CC3C=CC2C3)cc1. The van der Waals surface area contributed by atoms with Crippen LogP contribution in [0.25, 0.3) is 11.3 Å². The molecule has 2 aromatic carbocycles. The van der Waals surface area contributed by atoms with E-state index < -0.39 is 0 Å². The van der Waals surface area contributed by atoms with Crippen LogP contribution in [0, 0.1) is 17.8 Å². The van der Waals surface area contributed by atoms with Crippen LogP contribution in [0.1, 0.15) is 19.8 Å². The minimum Gasteiger partial charge on any atom is -0.494 e. The summed E-state index contributed by atoms with van der Waals surface area (Å²) in [5.74, 6) is 4.28. The van der Waals surface area contributed by atoms with E-state index >= 15 is 0 Å². The zero-order valence-corrected chi connectivity index (χ0v) is 21.8. The van der Waals surface area contributed by atoms with Crippen molar-refractivity contribution in [2.45, 2.75) is 19.8 Å². The second-order valence-corrected chi connectivity index (χ2v) is 9.71. The Morgan fingerprint density at radius 2 is 1.75 bits per heavy atom. The Labute approximate surface area is 215 Å². The fourth-order valence-electron chi connectivity index (χ4n) is 4.96. The highest BCUT2D eigenvalue weighted by atomic mass is 32.1. The number of fused-ring (bicyclic) bond motifs is 2. The number of thiazole rings is 1. The van der Waals surface area contributed by atoms with Gasteiger partial charge in [0.25, 0.3) is 0 Å². The zero-order chi connectivity index (χ0) is 25.1. The van der Waals surface area contributed by atoms with Gasteiger partial charge in [-0.15, -0.1) is 11.3 Å². The number of ether oxygens (including phenoxy) is 4. The Kier molecular flexibility index (Phi) is 7.13. The van der Waals surface area contributed by atoms with Crippen LogP contribution in [0.4, 0.5) is 5.69 Å². The number of methoxy groups -OCH3 is 3. The summed E-state index contributed by atoms with van der Waals surface area (Å²) < 4.78 is 24.2. The lowest BCUT2D eigenvalue weighted by molar-refractivity contribution is 0.324. The number of benzene rings is 2. The lowest BCUT2D eigenvalue weighted by Gasteiger charge is -2.15. The first-order valence-corrected chi connectivity index (χ1v) is 13.0. The summed E-state index contributed by atoms with van der Waals surface area (Å²) in [5, 5.41) is 7.04. The van der Waals surface area contributed by atoms with Crippen molar-refractivity contribution in [1.29, 1.82) is 0 Å². The van der Waals surface area contributed by atoms with Gasteiger partial charge in [-0.2, -0.15) is 5.10 Å². The molecule has 0 radical (unpaired) electrons. The number of hydrogen-bond acceptors (Lipinski definition) is 7. The molecule has 2 bridgehead atoms. The Morgan fingerprint density at radius 3 is 2.33 bits per heavy atom. The van der Waals surface area contributed by atoms with Crippen molar-refractivity contribution in [3.05, 3.63) is 58.7 Å². The molecular weight excluding hydrogens is 474 g/mol. The third-order valence-electron chi connectivity index (χ3n) is 6.72. The molecule has 0 N–H and O–H groups in total. The average Bonchev–Trinajstić information content (AvgIpc) is 3.64. The van der Waals surface area contributed by atoms with Crippen molar-refractivity contribution in [1.82, 2.24) is 4.68 Å². The molecule has 0 spiro atoms. The third-order valence-corrected chi connectivity index (χ3v) is 7.54.